The molecule has 1 unspecified atom stereocenters. The molecule has 0 aliphatic heterocycles. The maximum Gasteiger partial charge on any atom is 0.387 e. The molecule has 0 aliphatic rings. The number of carbonyl (C=O) groups excluding carboxylic acids is 1. The summed E-state index contributed by atoms with van der Waals surface area (Å²) in [5, 5.41) is 2.91. The van der Waals surface area contributed by atoms with Gasteiger partial charge in [-0.2, -0.15) is 8.78 Å². The minimum absolute atomic E-state index is 0.0712. The Hall–Kier alpha value is -2.63. The van der Waals surface area contributed by atoms with Crippen LogP contribution in [0.25, 0.3) is 0 Å². The van der Waals surface area contributed by atoms with E-state index in [0.29, 0.717) is 6.61 Å². The lowest BCUT2D eigenvalue weighted by Gasteiger charge is -2.15. The van der Waals surface area contributed by atoms with E-state index in [-0.39, 0.29) is 24.1 Å². The van der Waals surface area contributed by atoms with Gasteiger partial charge in [0.15, 0.2) is 0 Å². The molecule has 0 heterocycles. The molecular weight excluding hydrogens is 328 g/mol. The summed E-state index contributed by atoms with van der Waals surface area (Å²) in [4.78, 5) is 12.1. The Labute approximate surface area is 145 Å². The van der Waals surface area contributed by atoms with Gasteiger partial charge in [0.05, 0.1) is 19.1 Å². The van der Waals surface area contributed by atoms with Crippen LogP contribution >= 0.6 is 0 Å². The number of benzene rings is 2. The molecule has 1 amide bonds. The summed E-state index contributed by atoms with van der Waals surface area (Å²) >= 11 is 0. The molecule has 0 saturated heterocycles. The van der Waals surface area contributed by atoms with Gasteiger partial charge in [0.2, 0.25) is 5.91 Å². The van der Waals surface area contributed by atoms with Crippen LogP contribution in [0.2, 0.25) is 0 Å². The van der Waals surface area contributed by atoms with Gasteiger partial charge in [0.1, 0.15) is 11.5 Å². The predicted molar refractivity (Wildman–Crippen MR) is 90.9 cm³/mol. The number of hydrogen-bond donors (Lipinski definition) is 1. The van der Waals surface area contributed by atoms with Crippen molar-refractivity contribution in [3.8, 4) is 11.5 Å². The van der Waals surface area contributed by atoms with Gasteiger partial charge in [-0.05, 0) is 49.2 Å². The quantitative estimate of drug-likeness (QED) is 0.780. The van der Waals surface area contributed by atoms with E-state index in [0.717, 1.165) is 16.9 Å². The molecule has 25 heavy (non-hydrogen) atoms. The molecule has 0 aromatic heterocycles. The maximum absolute atomic E-state index is 12.1. The summed E-state index contributed by atoms with van der Waals surface area (Å²) in [5.74, 6) is 0.710. The van der Waals surface area contributed by atoms with Crippen LogP contribution in [-0.4, -0.2) is 19.1 Å². The van der Waals surface area contributed by atoms with Crippen molar-refractivity contribution in [1.82, 2.24) is 5.32 Å². The van der Waals surface area contributed by atoms with Gasteiger partial charge >= 0.3 is 6.61 Å². The van der Waals surface area contributed by atoms with Crippen molar-refractivity contribution in [1.29, 1.82) is 0 Å². The zero-order chi connectivity index (χ0) is 18.2. The van der Waals surface area contributed by atoms with Crippen LogP contribution in [0, 0.1) is 0 Å². The van der Waals surface area contributed by atoms with E-state index in [1.807, 2.05) is 38.1 Å². The molecule has 6 heteroatoms. The average Bonchev–Trinajstić information content (AvgIpc) is 2.57. The fraction of sp³-hybridized carbons (Fsp3) is 0.316. The summed E-state index contributed by atoms with van der Waals surface area (Å²) in [5.41, 5.74) is 1.69. The molecule has 2 rings (SSSR count). The third kappa shape index (κ3) is 6.06. The molecule has 4 nitrogen and oxygen atoms in total. The van der Waals surface area contributed by atoms with Crippen LogP contribution in [0.15, 0.2) is 48.5 Å². The Kier molecular flexibility index (Phi) is 6.74. The first-order chi connectivity index (χ1) is 12.0. The number of amides is 1. The number of rotatable bonds is 8. The van der Waals surface area contributed by atoms with Crippen LogP contribution in [0.1, 0.15) is 31.0 Å². The van der Waals surface area contributed by atoms with Crippen molar-refractivity contribution >= 4 is 5.91 Å². The smallest absolute Gasteiger partial charge is 0.387 e. The molecule has 1 atom stereocenters. The highest BCUT2D eigenvalue weighted by Gasteiger charge is 2.11. The van der Waals surface area contributed by atoms with Gasteiger partial charge in [0.25, 0.3) is 0 Å². The lowest BCUT2D eigenvalue weighted by Crippen LogP contribution is -2.28. The van der Waals surface area contributed by atoms with Crippen molar-refractivity contribution in [2.24, 2.45) is 0 Å². The topological polar surface area (TPSA) is 47.6 Å². The lowest BCUT2D eigenvalue weighted by molar-refractivity contribution is -0.121. The molecule has 0 radical (unpaired) electrons. The summed E-state index contributed by atoms with van der Waals surface area (Å²) < 4.78 is 33.9. The van der Waals surface area contributed by atoms with Crippen molar-refractivity contribution < 1.29 is 23.0 Å². The highest BCUT2D eigenvalue weighted by molar-refractivity contribution is 5.79. The molecule has 2 aromatic rings. The summed E-state index contributed by atoms with van der Waals surface area (Å²) in [6, 6.07) is 13.4. The van der Waals surface area contributed by atoms with Crippen LogP contribution in [0.3, 0.4) is 0 Å². The Bertz CT molecular complexity index is 672. The summed E-state index contributed by atoms with van der Waals surface area (Å²) in [7, 11) is 0. The second kappa shape index (κ2) is 9.01. The first kappa shape index (κ1) is 18.7. The van der Waals surface area contributed by atoms with Gasteiger partial charge in [-0.3, -0.25) is 4.79 Å². The van der Waals surface area contributed by atoms with Gasteiger partial charge in [0, 0.05) is 0 Å². The maximum atomic E-state index is 12.1. The van der Waals surface area contributed by atoms with E-state index in [1.54, 1.807) is 12.1 Å². The first-order valence-electron chi connectivity index (χ1n) is 8.03. The second-order valence-electron chi connectivity index (χ2n) is 5.49. The number of halogens is 2. The standard InChI is InChI=1S/C19H21F2NO3/c1-3-24-16-10-6-15(7-11-16)13(2)22-18(23)12-14-4-8-17(9-5-14)25-19(20)21/h4-11,13,19H,3,12H2,1-2H3,(H,22,23). The van der Waals surface area contributed by atoms with Crippen molar-refractivity contribution in [2.45, 2.75) is 32.9 Å². The minimum atomic E-state index is -2.86. The van der Waals surface area contributed by atoms with Gasteiger partial charge in [-0.25, -0.2) is 0 Å². The highest BCUT2D eigenvalue weighted by atomic mass is 19.3. The Morgan fingerprint density at radius 2 is 1.64 bits per heavy atom. The van der Waals surface area contributed by atoms with E-state index < -0.39 is 6.61 Å². The molecule has 0 spiro atoms. The van der Waals surface area contributed by atoms with Crippen LogP contribution in [0.4, 0.5) is 8.78 Å². The third-order valence-corrected chi connectivity index (χ3v) is 3.58. The molecule has 0 bridgehead atoms. The Balaban J connectivity index is 1.88. The third-order valence-electron chi connectivity index (χ3n) is 3.58. The number of ether oxygens (including phenoxy) is 2. The zero-order valence-corrected chi connectivity index (χ0v) is 14.2. The molecule has 0 saturated carbocycles. The van der Waals surface area contributed by atoms with E-state index in [1.165, 1.54) is 12.1 Å². The Morgan fingerprint density at radius 3 is 2.20 bits per heavy atom. The predicted octanol–water partition coefficient (Wildman–Crippen LogP) is 4.11. The summed E-state index contributed by atoms with van der Waals surface area (Å²) in [6.45, 7) is 1.56. The number of hydrogen-bond acceptors (Lipinski definition) is 3. The number of alkyl halides is 2. The number of nitrogens with one attached hydrogen (secondary N) is 1. The molecule has 134 valence electrons. The second-order valence-corrected chi connectivity index (χ2v) is 5.49. The van der Waals surface area contributed by atoms with Crippen molar-refractivity contribution in [3.63, 3.8) is 0 Å². The molecule has 1 N–H and O–H groups in total. The fourth-order valence-corrected chi connectivity index (χ4v) is 2.37. The lowest BCUT2D eigenvalue weighted by atomic mass is 10.1. The van der Waals surface area contributed by atoms with Gasteiger partial charge in [-0.15, -0.1) is 0 Å². The SMILES string of the molecule is CCOc1ccc(C(C)NC(=O)Cc2ccc(OC(F)F)cc2)cc1. The first-order valence-corrected chi connectivity index (χ1v) is 8.03. The normalized spacial score (nSPS) is 11.9. The zero-order valence-electron chi connectivity index (χ0n) is 14.2. The van der Waals surface area contributed by atoms with E-state index in [4.69, 9.17) is 4.74 Å². The monoisotopic (exact) mass is 349 g/mol. The minimum Gasteiger partial charge on any atom is -0.494 e. The van der Waals surface area contributed by atoms with E-state index >= 15 is 0 Å². The van der Waals surface area contributed by atoms with Gasteiger partial charge in [-0.1, -0.05) is 24.3 Å². The average molecular weight is 349 g/mol. The molecular formula is C19H21F2NO3. The van der Waals surface area contributed by atoms with Crippen LogP contribution in [-0.2, 0) is 11.2 Å². The van der Waals surface area contributed by atoms with Crippen molar-refractivity contribution in [3.05, 3.63) is 59.7 Å². The van der Waals surface area contributed by atoms with E-state index in [9.17, 15) is 13.6 Å². The van der Waals surface area contributed by atoms with Crippen LogP contribution < -0.4 is 14.8 Å². The fourth-order valence-electron chi connectivity index (χ4n) is 2.37. The largest absolute Gasteiger partial charge is 0.494 e. The molecule has 0 fully saturated rings. The van der Waals surface area contributed by atoms with Crippen molar-refractivity contribution in [2.75, 3.05) is 6.61 Å². The summed E-state index contributed by atoms with van der Waals surface area (Å²) in [6.07, 6.45) is 0.163. The van der Waals surface area contributed by atoms with Gasteiger partial charge < -0.3 is 14.8 Å². The molecule has 2 aromatic carbocycles. The molecule has 0 aliphatic carbocycles. The van der Waals surface area contributed by atoms with Crippen LogP contribution in [0.5, 0.6) is 11.5 Å². The van der Waals surface area contributed by atoms with E-state index in [2.05, 4.69) is 10.1 Å². The highest BCUT2D eigenvalue weighted by Crippen LogP contribution is 2.18. The number of carbonyl (C=O) groups is 1. The Morgan fingerprint density at radius 1 is 1.04 bits per heavy atom.